The summed E-state index contributed by atoms with van der Waals surface area (Å²) in [6.07, 6.45) is 1.17. The molecule has 1 aliphatic rings. The van der Waals surface area contributed by atoms with Crippen LogP contribution >= 0.6 is 46.4 Å². The van der Waals surface area contributed by atoms with Crippen molar-refractivity contribution < 1.29 is 22.7 Å². The molecule has 1 aliphatic carbocycles. The van der Waals surface area contributed by atoms with E-state index in [-0.39, 0.29) is 58.9 Å². The van der Waals surface area contributed by atoms with Crippen molar-refractivity contribution >= 4 is 68.1 Å². The van der Waals surface area contributed by atoms with Gasteiger partial charge in [0.2, 0.25) is 10.0 Å². The smallest absolute Gasteiger partial charge is 0.322 e. The maximum Gasteiger partial charge on any atom is 0.322 e. The molecule has 274 valence electrons. The van der Waals surface area contributed by atoms with Crippen LogP contribution in [-0.4, -0.2) is 40.1 Å². The zero-order chi connectivity index (χ0) is 37.8. The minimum absolute atomic E-state index is 0.0413. The van der Waals surface area contributed by atoms with Crippen molar-refractivity contribution in [3.05, 3.63) is 145 Å². The highest BCUT2D eigenvalue weighted by Gasteiger charge is 2.49. The van der Waals surface area contributed by atoms with Crippen molar-refractivity contribution in [2.45, 2.75) is 51.6 Å². The van der Waals surface area contributed by atoms with E-state index in [9.17, 15) is 22.7 Å². The second-order valence-corrected chi connectivity index (χ2v) is 17.3. The van der Waals surface area contributed by atoms with Gasteiger partial charge in [-0.2, -0.15) is 4.31 Å². The van der Waals surface area contributed by atoms with Crippen LogP contribution in [0, 0.1) is 11.7 Å². The summed E-state index contributed by atoms with van der Waals surface area (Å²) in [4.78, 5) is 15.1. The molecule has 0 heterocycles. The largest absolute Gasteiger partial charge is 0.509 e. The summed E-state index contributed by atoms with van der Waals surface area (Å²) in [7, 11) is -4.33. The van der Waals surface area contributed by atoms with Gasteiger partial charge in [-0.05, 0) is 71.0 Å². The summed E-state index contributed by atoms with van der Waals surface area (Å²) in [6.45, 7) is 5.97. The molecular weight excluding hydrogens is 767 g/mol. The fourth-order valence-electron chi connectivity index (χ4n) is 5.99. The average Bonchev–Trinajstić information content (AvgIpc) is 3.09. The number of hydrogen-bond donors (Lipinski definition) is 2. The van der Waals surface area contributed by atoms with Crippen molar-refractivity contribution in [3.8, 4) is 11.1 Å². The number of carbonyl (C=O) groups excluding carboxylic acids is 1. The number of nitrogens with zero attached hydrogens (tertiary/aromatic N) is 2. The highest BCUT2D eigenvalue weighted by molar-refractivity contribution is 7.90. The maximum absolute atomic E-state index is 14.6. The number of halogens is 5. The number of allylic oxidation sites excluding steroid dienone is 3. The Labute approximate surface area is 324 Å². The summed E-state index contributed by atoms with van der Waals surface area (Å²) >= 11 is 25.1. The first-order valence-electron chi connectivity index (χ1n) is 16.4. The van der Waals surface area contributed by atoms with Gasteiger partial charge >= 0.3 is 6.03 Å². The van der Waals surface area contributed by atoms with Crippen LogP contribution in [0.1, 0.15) is 43.9 Å². The van der Waals surface area contributed by atoms with E-state index in [2.05, 4.69) is 5.32 Å². The number of urea groups is 1. The SMILES string of the molecule is CC(C)CN(Cc1cccc(CN(Cc2ccc(-c3ccc(F)cc3)cc2)S(=O)(=O)C2(C)CC(Cl)=CC(Cl)=C2O)c1)C(=O)Nc1cccc(Cl)c1Cl. The second kappa shape index (κ2) is 16.6. The number of nitrogens with one attached hydrogen (secondary N) is 1. The van der Waals surface area contributed by atoms with Gasteiger partial charge in [0.25, 0.3) is 0 Å². The summed E-state index contributed by atoms with van der Waals surface area (Å²) < 4.78 is 42.2. The molecule has 0 aromatic heterocycles. The van der Waals surface area contributed by atoms with Gasteiger partial charge in [0.05, 0.1) is 20.8 Å². The second-order valence-electron chi connectivity index (χ2n) is 13.3. The van der Waals surface area contributed by atoms with Gasteiger partial charge in [-0.15, -0.1) is 0 Å². The molecule has 0 radical (unpaired) electrons. The van der Waals surface area contributed by atoms with Crippen LogP contribution in [0.2, 0.25) is 10.0 Å². The molecule has 0 bridgehead atoms. The van der Waals surface area contributed by atoms with Crippen LogP contribution in [0.5, 0.6) is 0 Å². The zero-order valence-corrected chi connectivity index (χ0v) is 32.6. The average molecular weight is 806 g/mol. The Morgan fingerprint density at radius 1 is 0.865 bits per heavy atom. The third kappa shape index (κ3) is 9.13. The Kier molecular flexibility index (Phi) is 12.7. The Morgan fingerprint density at radius 2 is 1.44 bits per heavy atom. The summed E-state index contributed by atoms with van der Waals surface area (Å²) in [5.74, 6) is -0.685. The Balaban J connectivity index is 1.45. The first-order chi connectivity index (χ1) is 24.6. The lowest BCUT2D eigenvalue weighted by molar-refractivity contribution is 0.201. The van der Waals surface area contributed by atoms with Crippen molar-refractivity contribution in [1.82, 2.24) is 9.21 Å². The van der Waals surface area contributed by atoms with E-state index in [4.69, 9.17) is 46.4 Å². The van der Waals surface area contributed by atoms with Crippen LogP contribution in [0.25, 0.3) is 11.1 Å². The van der Waals surface area contributed by atoms with E-state index in [0.29, 0.717) is 28.4 Å². The van der Waals surface area contributed by atoms with Crippen molar-refractivity contribution in [1.29, 1.82) is 0 Å². The van der Waals surface area contributed by atoms with Crippen molar-refractivity contribution in [2.75, 3.05) is 11.9 Å². The fourth-order valence-corrected chi connectivity index (χ4v) is 9.15. The zero-order valence-electron chi connectivity index (χ0n) is 28.7. The molecule has 1 atom stereocenters. The lowest BCUT2D eigenvalue weighted by Gasteiger charge is -2.36. The standard InChI is InChI=1S/C39H38Cl4FN3O4S/c1-25(2)21-46(38(49)45-35-9-5-8-33(41)36(35)43)22-27-6-4-7-28(18-27)24-47(52(50,51)39(3)20-31(40)19-34(42)37(39)48)23-26-10-12-29(13-11-26)30-14-16-32(44)17-15-30/h4-19,25,48H,20-24H2,1-3H3,(H,45,49). The number of rotatable bonds is 12. The molecule has 4 aromatic rings. The van der Waals surface area contributed by atoms with Gasteiger partial charge in [0.15, 0.2) is 0 Å². The number of carbonyl (C=O) groups is 1. The van der Waals surface area contributed by atoms with Crippen molar-refractivity contribution in [3.63, 3.8) is 0 Å². The van der Waals surface area contributed by atoms with E-state index in [0.717, 1.165) is 16.7 Å². The molecular formula is C39H38Cl4FN3O4S. The topological polar surface area (TPSA) is 90.0 Å². The van der Waals surface area contributed by atoms with Gasteiger partial charge in [-0.1, -0.05) is 127 Å². The van der Waals surface area contributed by atoms with Crippen LogP contribution in [0.15, 0.2) is 113 Å². The van der Waals surface area contributed by atoms with Crippen LogP contribution in [-0.2, 0) is 29.7 Å². The van der Waals surface area contributed by atoms with Gasteiger partial charge in [0, 0.05) is 37.6 Å². The number of aliphatic hydroxyl groups excluding tert-OH is 1. The Bertz CT molecular complexity index is 2110. The molecule has 7 nitrogen and oxygen atoms in total. The van der Waals surface area contributed by atoms with Crippen molar-refractivity contribution in [2.24, 2.45) is 5.92 Å². The van der Waals surface area contributed by atoms with Crippen LogP contribution < -0.4 is 5.32 Å². The van der Waals surface area contributed by atoms with Gasteiger partial charge in [-0.25, -0.2) is 17.6 Å². The van der Waals surface area contributed by atoms with E-state index < -0.39 is 20.5 Å². The molecule has 13 heteroatoms. The monoisotopic (exact) mass is 803 g/mol. The molecule has 2 N–H and O–H groups in total. The fraction of sp³-hybridized carbons (Fsp3) is 0.256. The molecule has 0 spiro atoms. The molecule has 0 aliphatic heterocycles. The van der Waals surface area contributed by atoms with Gasteiger partial charge in [0.1, 0.15) is 16.3 Å². The molecule has 0 fully saturated rings. The summed E-state index contributed by atoms with van der Waals surface area (Å²) in [5, 5.41) is 14.5. The number of anilines is 1. The van der Waals surface area contributed by atoms with E-state index >= 15 is 0 Å². The molecule has 4 aromatic carbocycles. The first kappa shape index (κ1) is 39.6. The number of hydrogen-bond acceptors (Lipinski definition) is 4. The molecule has 1 unspecified atom stereocenters. The molecule has 2 amide bonds. The number of benzene rings is 4. The Hall–Kier alpha value is -3.57. The minimum atomic E-state index is -4.33. The lowest BCUT2D eigenvalue weighted by atomic mass is 9.99. The van der Waals surface area contributed by atoms with Crippen LogP contribution in [0.3, 0.4) is 0 Å². The third-order valence-corrected chi connectivity index (χ3v) is 12.5. The molecule has 0 saturated carbocycles. The molecule has 52 heavy (non-hydrogen) atoms. The maximum atomic E-state index is 14.6. The van der Waals surface area contributed by atoms with E-state index in [1.54, 1.807) is 41.3 Å². The highest BCUT2D eigenvalue weighted by atomic mass is 35.5. The molecule has 5 rings (SSSR count). The predicted octanol–water partition coefficient (Wildman–Crippen LogP) is 11.1. The number of aliphatic hydroxyl groups is 1. The number of sulfonamides is 1. The third-order valence-electron chi connectivity index (χ3n) is 8.71. The predicted molar refractivity (Wildman–Crippen MR) is 210 cm³/mol. The van der Waals surface area contributed by atoms with Gasteiger partial charge in [-0.3, -0.25) is 0 Å². The van der Waals surface area contributed by atoms with E-state index in [1.807, 2.05) is 56.3 Å². The normalized spacial score (nSPS) is 16.3. The highest BCUT2D eigenvalue weighted by Crippen LogP contribution is 2.42. The Morgan fingerprint density at radius 3 is 2.08 bits per heavy atom. The first-order valence-corrected chi connectivity index (χ1v) is 19.4. The minimum Gasteiger partial charge on any atom is -0.509 e. The molecule has 0 saturated heterocycles. The van der Waals surface area contributed by atoms with Crippen LogP contribution in [0.4, 0.5) is 14.9 Å². The van der Waals surface area contributed by atoms with E-state index in [1.165, 1.54) is 29.4 Å². The lowest BCUT2D eigenvalue weighted by Crippen LogP contribution is -2.48. The summed E-state index contributed by atoms with van der Waals surface area (Å²) in [5.41, 5.74) is 4.14. The van der Waals surface area contributed by atoms with Gasteiger partial charge < -0.3 is 15.3 Å². The summed E-state index contributed by atoms with van der Waals surface area (Å²) in [6, 6.07) is 25.4. The number of amides is 2. The quantitative estimate of drug-likeness (QED) is 0.149.